The molecule has 2 nitrogen and oxygen atoms in total. The fourth-order valence-corrected chi connectivity index (χ4v) is 21.6. The van der Waals surface area contributed by atoms with Crippen LogP contribution in [0, 0.1) is 0 Å². The Morgan fingerprint density at radius 1 is 0.944 bits per heavy atom. The van der Waals surface area contributed by atoms with E-state index in [1.807, 2.05) is 0 Å². The van der Waals surface area contributed by atoms with Gasteiger partial charge in [0.15, 0.2) is 0 Å². The first-order valence-corrected chi connectivity index (χ1v) is 25.4. The van der Waals surface area contributed by atoms with Crippen LogP contribution >= 0.6 is 0 Å². The predicted molar refractivity (Wildman–Crippen MR) is 80.3 cm³/mol. The Bertz CT molecular complexity index is 503. The van der Waals surface area contributed by atoms with Gasteiger partial charge >= 0.3 is 102 Å². The van der Waals surface area contributed by atoms with Gasteiger partial charge in [0, 0.05) is 0 Å². The maximum absolute atomic E-state index is 6.72. The van der Waals surface area contributed by atoms with E-state index in [1.165, 1.54) is 3.28 Å². The van der Waals surface area contributed by atoms with E-state index in [2.05, 4.69) is 59.9 Å². The van der Waals surface area contributed by atoms with Crippen LogP contribution in [0.3, 0.4) is 0 Å². The third-order valence-corrected chi connectivity index (χ3v) is 28.1. The van der Waals surface area contributed by atoms with E-state index in [9.17, 15) is 0 Å². The van der Waals surface area contributed by atoms with Crippen LogP contribution < -0.4 is 0 Å². The molecule has 1 rings (SSSR count). The van der Waals surface area contributed by atoms with Gasteiger partial charge in [-0.05, 0) is 0 Å². The van der Waals surface area contributed by atoms with E-state index in [0.29, 0.717) is 13.2 Å². The average Bonchev–Trinajstić information content (AvgIpc) is 2.52. The van der Waals surface area contributed by atoms with Crippen molar-refractivity contribution in [1.29, 1.82) is 0 Å². The molecule has 0 aromatic heterocycles. The van der Waals surface area contributed by atoms with Gasteiger partial charge in [-0.2, -0.15) is 0 Å². The molecule has 0 saturated heterocycles. The van der Waals surface area contributed by atoms with Crippen LogP contribution in [-0.4, -0.2) is 13.2 Å². The Labute approximate surface area is 102 Å². The summed E-state index contributed by atoms with van der Waals surface area (Å²) in [6.45, 7) is 5.38. The van der Waals surface area contributed by atoms with Gasteiger partial charge in [-0.15, -0.1) is 0 Å². The fraction of sp³-hybridized carbons (Fsp3) is 0.733. The molecule has 0 spiro atoms. The number of rotatable bonds is 5. The van der Waals surface area contributed by atoms with Crippen LogP contribution in [-0.2, 0) is 19.4 Å². The van der Waals surface area contributed by atoms with Crippen molar-refractivity contribution in [3.63, 3.8) is 0 Å². The SMILES string of the molecule is CC[O][Zr]([CH3])([CH3])([CH3])([CH3])([CH3])([CH3])([O]CC)[C]1=CC=CC1. The van der Waals surface area contributed by atoms with E-state index in [0.717, 1.165) is 6.42 Å². The summed E-state index contributed by atoms with van der Waals surface area (Å²) in [6, 6.07) is 0. The second-order valence-electron chi connectivity index (χ2n) is 13.9. The van der Waals surface area contributed by atoms with Crippen molar-refractivity contribution < 1.29 is 19.4 Å². The summed E-state index contributed by atoms with van der Waals surface area (Å²) in [7, 11) is 0. The van der Waals surface area contributed by atoms with Gasteiger partial charge in [0.25, 0.3) is 0 Å². The van der Waals surface area contributed by atoms with Crippen molar-refractivity contribution in [2.75, 3.05) is 13.2 Å². The van der Waals surface area contributed by atoms with Crippen LogP contribution in [0.5, 0.6) is 0 Å². The zero-order chi connectivity index (χ0) is 14.6. The van der Waals surface area contributed by atoms with Gasteiger partial charge in [0.1, 0.15) is 0 Å². The molecule has 0 unspecified atom stereocenters. The Hall–Kier alpha value is 0.283. The molecule has 0 N–H and O–H groups in total. The minimum absolute atomic E-state index is 0.637. The molecule has 0 aromatic rings. The first-order chi connectivity index (χ1) is 7.39. The van der Waals surface area contributed by atoms with Gasteiger partial charge in [-0.1, -0.05) is 0 Å². The Kier molecular flexibility index (Phi) is 1.86. The van der Waals surface area contributed by atoms with Crippen molar-refractivity contribution in [2.45, 2.75) is 48.1 Å². The van der Waals surface area contributed by atoms with Gasteiger partial charge in [-0.3, -0.25) is 0 Å². The van der Waals surface area contributed by atoms with Crippen LogP contribution in [0.4, 0.5) is 0 Å². The molecule has 1 aliphatic carbocycles. The van der Waals surface area contributed by atoms with E-state index >= 15 is 0 Å². The molecule has 0 fully saturated rings. The Balaban J connectivity index is 3.99. The second kappa shape index (κ2) is 2.05. The molecule has 0 bridgehead atoms. The first kappa shape index (κ1) is 16.3. The monoisotopic (exact) mass is 335 g/mol. The maximum atomic E-state index is 6.72. The van der Waals surface area contributed by atoms with Crippen molar-refractivity contribution in [2.24, 2.45) is 0 Å². The molecule has 0 aromatic carbocycles. The molecule has 3 heteroatoms. The van der Waals surface area contributed by atoms with E-state index in [1.54, 1.807) is 0 Å². The number of hydrogen-bond acceptors (Lipinski definition) is 2. The van der Waals surface area contributed by atoms with E-state index in [-0.39, 0.29) is 0 Å². The van der Waals surface area contributed by atoms with Gasteiger partial charge in [0.05, 0.1) is 0 Å². The third-order valence-electron chi connectivity index (χ3n) is 5.24. The van der Waals surface area contributed by atoms with Crippen LogP contribution in [0.1, 0.15) is 20.3 Å². The van der Waals surface area contributed by atoms with Crippen LogP contribution in [0.15, 0.2) is 21.5 Å². The third kappa shape index (κ3) is 2.23. The van der Waals surface area contributed by atoms with Crippen molar-refractivity contribution in [3.8, 4) is 0 Å². The van der Waals surface area contributed by atoms with E-state index in [4.69, 9.17) is 5.63 Å². The van der Waals surface area contributed by atoms with Gasteiger partial charge < -0.3 is 0 Å². The predicted octanol–water partition coefficient (Wildman–Crippen LogP) is 5.85. The van der Waals surface area contributed by atoms with Crippen LogP contribution in [0.25, 0.3) is 0 Å². The summed E-state index contributed by atoms with van der Waals surface area (Å²) in [5.74, 6) is 0. The molecular weight excluding hydrogens is 303 g/mol. The topological polar surface area (TPSA) is 18.5 Å². The van der Waals surface area contributed by atoms with Crippen molar-refractivity contribution in [3.05, 3.63) is 21.5 Å². The van der Waals surface area contributed by atoms with E-state index < -0.39 is 13.7 Å². The average molecular weight is 337 g/mol. The Morgan fingerprint density at radius 3 is 1.67 bits per heavy atom. The van der Waals surface area contributed by atoms with Crippen LogP contribution in [0.2, 0.25) is 27.8 Å². The van der Waals surface area contributed by atoms with Crippen molar-refractivity contribution >= 4 is 0 Å². The summed E-state index contributed by atoms with van der Waals surface area (Å²) >= 11 is -5.67. The molecule has 0 atom stereocenters. The standard InChI is InChI=1S/C5H5.2C2H5O.6CH3.Zr/c1-2-4-5-3-1;2*1-2-3;;;;;;;/h1-3H,4H2;2*2H2,1H3;6*1H3;/q;2*-1;;;;;;;+2. The van der Waals surface area contributed by atoms with Crippen molar-refractivity contribution in [1.82, 2.24) is 0 Å². The zero-order valence-corrected chi connectivity index (χ0v) is 16.1. The molecule has 0 amide bonds. The zero-order valence-electron chi connectivity index (χ0n) is 13.7. The second-order valence-corrected chi connectivity index (χ2v) is 74.6. The van der Waals surface area contributed by atoms with Gasteiger partial charge in [-0.25, -0.2) is 0 Å². The summed E-state index contributed by atoms with van der Waals surface area (Å²) in [4.78, 5) is 0. The first-order valence-electron chi connectivity index (χ1n) is 7.37. The van der Waals surface area contributed by atoms with Gasteiger partial charge in [0.2, 0.25) is 0 Å². The molecule has 109 valence electrons. The summed E-state index contributed by atoms with van der Waals surface area (Å²) < 4.78 is 28.2. The Morgan fingerprint density at radius 2 is 1.39 bits per heavy atom. The normalized spacial score (nSPS) is 28.0. The molecule has 1 aliphatic rings. The quantitative estimate of drug-likeness (QED) is 0.626. The molecule has 0 heterocycles. The number of hydrogen-bond donors (Lipinski definition) is 0. The fourth-order valence-electron chi connectivity index (χ4n) is 3.93. The minimum atomic E-state index is -5.67. The summed E-state index contributed by atoms with van der Waals surface area (Å²) in [5.41, 5.74) is 0. The summed E-state index contributed by atoms with van der Waals surface area (Å²) in [5, 5.41) is 0. The molecular formula is C15H33O2Zr. The molecule has 18 heavy (non-hydrogen) atoms. The summed E-state index contributed by atoms with van der Waals surface area (Å²) in [6.07, 6.45) is 7.39. The molecule has 0 radical (unpaired) electrons. The molecule has 0 aliphatic heterocycles. The number of allylic oxidation sites excluding steroid dienone is 4. The molecule has 0 saturated carbocycles.